The maximum atomic E-state index is 10.9. The number of nitriles is 1. The summed E-state index contributed by atoms with van der Waals surface area (Å²) >= 11 is 0. The van der Waals surface area contributed by atoms with E-state index in [1.165, 1.54) is 18.2 Å². The van der Waals surface area contributed by atoms with Crippen LogP contribution in [-0.4, -0.2) is 24.7 Å². The summed E-state index contributed by atoms with van der Waals surface area (Å²) < 4.78 is 5.27. The van der Waals surface area contributed by atoms with Crippen molar-refractivity contribution in [3.8, 4) is 6.07 Å². The summed E-state index contributed by atoms with van der Waals surface area (Å²) in [7, 11) is 0. The normalized spacial score (nSPS) is 15.7. The molecule has 1 aliphatic rings. The van der Waals surface area contributed by atoms with E-state index in [0.717, 1.165) is 26.1 Å². The highest BCUT2D eigenvalue weighted by atomic mass is 16.6. The fourth-order valence-electron chi connectivity index (χ4n) is 2.11. The van der Waals surface area contributed by atoms with Crippen LogP contribution in [0.4, 0.5) is 11.4 Å². The number of nitrogens with zero attached hydrogens (tertiary/aromatic N) is 2. The SMILES string of the molecule is N#Cc1ccc([N+](=O)[O-])c(NCC2CCOCC2)c1. The number of nitro groups is 1. The van der Waals surface area contributed by atoms with Crippen molar-refractivity contribution in [2.75, 3.05) is 25.1 Å². The lowest BCUT2D eigenvalue weighted by Gasteiger charge is -2.22. The molecule has 0 spiro atoms. The smallest absolute Gasteiger partial charge is 0.292 e. The van der Waals surface area contributed by atoms with Crippen molar-refractivity contribution >= 4 is 11.4 Å². The Hall–Kier alpha value is -2.13. The Labute approximate surface area is 111 Å². The van der Waals surface area contributed by atoms with Gasteiger partial charge in [0, 0.05) is 25.8 Å². The number of hydrogen-bond acceptors (Lipinski definition) is 5. The van der Waals surface area contributed by atoms with Crippen LogP contribution in [0.5, 0.6) is 0 Å². The monoisotopic (exact) mass is 261 g/mol. The van der Waals surface area contributed by atoms with Gasteiger partial charge in [-0.25, -0.2) is 0 Å². The van der Waals surface area contributed by atoms with Crippen LogP contribution < -0.4 is 5.32 Å². The Morgan fingerprint density at radius 2 is 2.21 bits per heavy atom. The number of rotatable bonds is 4. The van der Waals surface area contributed by atoms with Crippen molar-refractivity contribution in [1.82, 2.24) is 0 Å². The third kappa shape index (κ3) is 3.42. The minimum Gasteiger partial charge on any atom is -0.381 e. The van der Waals surface area contributed by atoms with Crippen LogP contribution in [-0.2, 0) is 4.74 Å². The Morgan fingerprint density at radius 1 is 1.47 bits per heavy atom. The molecule has 0 radical (unpaired) electrons. The zero-order valence-corrected chi connectivity index (χ0v) is 10.5. The molecule has 19 heavy (non-hydrogen) atoms. The molecular weight excluding hydrogens is 246 g/mol. The van der Waals surface area contributed by atoms with Gasteiger partial charge in [0.1, 0.15) is 5.69 Å². The number of benzene rings is 1. The fourth-order valence-corrected chi connectivity index (χ4v) is 2.11. The van der Waals surface area contributed by atoms with Gasteiger partial charge in [0.05, 0.1) is 16.6 Å². The molecule has 0 atom stereocenters. The van der Waals surface area contributed by atoms with E-state index in [4.69, 9.17) is 10.00 Å². The predicted molar refractivity (Wildman–Crippen MR) is 69.8 cm³/mol. The average molecular weight is 261 g/mol. The van der Waals surface area contributed by atoms with Crippen molar-refractivity contribution < 1.29 is 9.66 Å². The summed E-state index contributed by atoms with van der Waals surface area (Å²) in [4.78, 5) is 10.5. The van der Waals surface area contributed by atoms with Crippen molar-refractivity contribution in [3.63, 3.8) is 0 Å². The molecule has 100 valence electrons. The van der Waals surface area contributed by atoms with Crippen LogP contribution in [0.1, 0.15) is 18.4 Å². The van der Waals surface area contributed by atoms with Gasteiger partial charge in [-0.2, -0.15) is 5.26 Å². The van der Waals surface area contributed by atoms with Crippen LogP contribution in [0.15, 0.2) is 18.2 Å². The Balaban J connectivity index is 2.08. The Morgan fingerprint density at radius 3 is 2.84 bits per heavy atom. The summed E-state index contributed by atoms with van der Waals surface area (Å²) in [6, 6.07) is 6.34. The largest absolute Gasteiger partial charge is 0.381 e. The second-order valence-corrected chi connectivity index (χ2v) is 4.54. The van der Waals surface area contributed by atoms with Gasteiger partial charge in [-0.05, 0) is 30.9 Å². The topological polar surface area (TPSA) is 88.2 Å². The van der Waals surface area contributed by atoms with Gasteiger partial charge in [-0.1, -0.05) is 0 Å². The van der Waals surface area contributed by atoms with Gasteiger partial charge >= 0.3 is 0 Å². The zero-order valence-electron chi connectivity index (χ0n) is 10.5. The van der Waals surface area contributed by atoms with Gasteiger partial charge in [0.25, 0.3) is 5.69 Å². The summed E-state index contributed by atoms with van der Waals surface area (Å²) in [6.45, 7) is 2.15. The maximum Gasteiger partial charge on any atom is 0.292 e. The molecule has 1 N–H and O–H groups in total. The van der Waals surface area contributed by atoms with E-state index >= 15 is 0 Å². The lowest BCUT2D eigenvalue weighted by molar-refractivity contribution is -0.384. The molecule has 0 saturated carbocycles. The first-order valence-electron chi connectivity index (χ1n) is 6.21. The number of nitrogens with one attached hydrogen (secondary N) is 1. The van der Waals surface area contributed by atoms with Crippen LogP contribution >= 0.6 is 0 Å². The molecule has 0 unspecified atom stereocenters. The van der Waals surface area contributed by atoms with E-state index < -0.39 is 4.92 Å². The highest BCUT2D eigenvalue weighted by Gasteiger charge is 2.17. The third-order valence-corrected chi connectivity index (χ3v) is 3.24. The number of hydrogen-bond donors (Lipinski definition) is 1. The van der Waals surface area contributed by atoms with Gasteiger partial charge in [-0.3, -0.25) is 10.1 Å². The third-order valence-electron chi connectivity index (χ3n) is 3.24. The minimum absolute atomic E-state index is 0.00561. The maximum absolute atomic E-state index is 10.9. The molecule has 0 aliphatic carbocycles. The van der Waals surface area contributed by atoms with Crippen LogP contribution in [0.25, 0.3) is 0 Å². The first-order valence-corrected chi connectivity index (χ1v) is 6.21. The molecule has 6 nitrogen and oxygen atoms in total. The molecule has 1 heterocycles. The van der Waals surface area contributed by atoms with Gasteiger partial charge < -0.3 is 10.1 Å². The average Bonchev–Trinajstić information content (AvgIpc) is 2.45. The highest BCUT2D eigenvalue weighted by molar-refractivity contribution is 5.64. The first kappa shape index (κ1) is 13.3. The van der Waals surface area contributed by atoms with E-state index in [1.807, 2.05) is 6.07 Å². The second kappa shape index (κ2) is 6.16. The van der Waals surface area contributed by atoms with Crippen LogP contribution in [0.2, 0.25) is 0 Å². The standard InChI is InChI=1S/C13H15N3O3/c14-8-11-1-2-13(16(17)18)12(7-11)15-9-10-3-5-19-6-4-10/h1-2,7,10,15H,3-6,9H2. The molecule has 1 saturated heterocycles. The molecule has 0 bridgehead atoms. The summed E-state index contributed by atoms with van der Waals surface area (Å²) in [5.41, 5.74) is 0.835. The molecule has 0 aromatic heterocycles. The molecular formula is C13H15N3O3. The molecule has 1 aliphatic heterocycles. The summed E-state index contributed by atoms with van der Waals surface area (Å²) in [5, 5.41) is 22.9. The van der Waals surface area contributed by atoms with Gasteiger partial charge in [0.2, 0.25) is 0 Å². The molecule has 1 fully saturated rings. The van der Waals surface area contributed by atoms with Crippen molar-refractivity contribution in [2.45, 2.75) is 12.8 Å². The van der Waals surface area contributed by atoms with E-state index in [9.17, 15) is 10.1 Å². The van der Waals surface area contributed by atoms with E-state index in [0.29, 0.717) is 23.7 Å². The molecule has 6 heteroatoms. The van der Waals surface area contributed by atoms with Crippen LogP contribution in [0.3, 0.4) is 0 Å². The quantitative estimate of drug-likeness (QED) is 0.663. The first-order chi connectivity index (χ1) is 9.20. The summed E-state index contributed by atoms with van der Waals surface area (Å²) in [6.07, 6.45) is 1.91. The van der Waals surface area contributed by atoms with Crippen molar-refractivity contribution in [1.29, 1.82) is 5.26 Å². The highest BCUT2D eigenvalue weighted by Crippen LogP contribution is 2.26. The van der Waals surface area contributed by atoms with Crippen molar-refractivity contribution in [2.24, 2.45) is 5.92 Å². The van der Waals surface area contributed by atoms with E-state index in [1.54, 1.807) is 0 Å². The van der Waals surface area contributed by atoms with E-state index in [2.05, 4.69) is 5.32 Å². The molecule has 1 aromatic rings. The number of anilines is 1. The van der Waals surface area contributed by atoms with Gasteiger partial charge in [0.15, 0.2) is 0 Å². The van der Waals surface area contributed by atoms with E-state index in [-0.39, 0.29) is 5.69 Å². The molecule has 2 rings (SSSR count). The number of ether oxygens (including phenoxy) is 1. The molecule has 1 aromatic carbocycles. The fraction of sp³-hybridized carbons (Fsp3) is 0.462. The second-order valence-electron chi connectivity index (χ2n) is 4.54. The predicted octanol–water partition coefficient (Wildman–Crippen LogP) is 2.30. The lowest BCUT2D eigenvalue weighted by Crippen LogP contribution is -2.22. The summed E-state index contributed by atoms with van der Waals surface area (Å²) in [5.74, 6) is 0.457. The zero-order chi connectivity index (χ0) is 13.7. The number of nitro benzene ring substituents is 1. The minimum atomic E-state index is -0.437. The Bertz CT molecular complexity index is 504. The van der Waals surface area contributed by atoms with Crippen LogP contribution in [0, 0.1) is 27.4 Å². The van der Waals surface area contributed by atoms with Gasteiger partial charge in [-0.15, -0.1) is 0 Å². The lowest BCUT2D eigenvalue weighted by atomic mass is 10.0. The molecule has 0 amide bonds. The van der Waals surface area contributed by atoms with Crippen molar-refractivity contribution in [3.05, 3.63) is 33.9 Å². The Kier molecular flexibility index (Phi) is 4.31.